The maximum Gasteiger partial charge on any atom is 0.258 e. The molecule has 2 rings (SSSR count). The molecule has 0 saturated heterocycles. The van der Waals surface area contributed by atoms with E-state index in [-0.39, 0.29) is 11.4 Å². The number of nitrogen functional groups attached to an aromatic ring is 1. The fourth-order valence-corrected chi connectivity index (χ4v) is 1.66. The minimum atomic E-state index is -0.801. The molecule has 0 spiro atoms. The number of carbonyl (C=O) groups excluding carboxylic acids is 1. The summed E-state index contributed by atoms with van der Waals surface area (Å²) in [5.41, 5.74) is 6.98. The largest absolute Gasteiger partial charge is 0.381 e. The van der Waals surface area contributed by atoms with Crippen LogP contribution in [0.5, 0.6) is 0 Å². The summed E-state index contributed by atoms with van der Waals surface area (Å²) >= 11 is 0. The molecule has 0 aliphatic rings. The Labute approximate surface area is 110 Å². The highest BCUT2D eigenvalue weighted by Gasteiger charge is 2.14. The molecule has 0 atom stereocenters. The minimum absolute atomic E-state index is 0.118. The van der Waals surface area contributed by atoms with Crippen molar-refractivity contribution in [3.05, 3.63) is 53.5 Å². The quantitative estimate of drug-likeness (QED) is 0.890. The van der Waals surface area contributed by atoms with Crippen molar-refractivity contribution in [3.63, 3.8) is 0 Å². The van der Waals surface area contributed by atoms with Crippen LogP contribution in [0.2, 0.25) is 0 Å². The molecule has 1 aromatic heterocycles. The van der Waals surface area contributed by atoms with Crippen molar-refractivity contribution in [3.8, 4) is 0 Å². The van der Waals surface area contributed by atoms with E-state index in [4.69, 9.17) is 5.73 Å². The van der Waals surface area contributed by atoms with Crippen LogP contribution >= 0.6 is 0 Å². The number of amides is 1. The van der Waals surface area contributed by atoms with Crippen molar-refractivity contribution in [2.45, 2.75) is 13.3 Å². The van der Waals surface area contributed by atoms with Crippen molar-refractivity contribution in [1.29, 1.82) is 0 Å². The van der Waals surface area contributed by atoms with Gasteiger partial charge in [-0.15, -0.1) is 0 Å². The summed E-state index contributed by atoms with van der Waals surface area (Å²) in [6.07, 6.45) is 2.22. The number of aromatic nitrogens is 1. The molecule has 2 aromatic rings. The molecule has 19 heavy (non-hydrogen) atoms. The van der Waals surface area contributed by atoms with Crippen LogP contribution in [0.3, 0.4) is 0 Å². The molecule has 0 saturated carbocycles. The average Bonchev–Trinajstić information content (AvgIpc) is 2.42. The fourth-order valence-electron chi connectivity index (χ4n) is 1.66. The van der Waals surface area contributed by atoms with Crippen LogP contribution in [0.4, 0.5) is 15.9 Å². The number of nitrogens with zero attached hydrogens (tertiary/aromatic N) is 1. The topological polar surface area (TPSA) is 68.0 Å². The summed E-state index contributed by atoms with van der Waals surface area (Å²) in [5, 5.41) is 2.62. The number of anilines is 2. The van der Waals surface area contributed by atoms with E-state index in [9.17, 15) is 9.18 Å². The highest BCUT2D eigenvalue weighted by atomic mass is 19.1. The summed E-state index contributed by atoms with van der Waals surface area (Å²) in [6, 6.07) is 8.67. The van der Waals surface area contributed by atoms with Gasteiger partial charge in [-0.3, -0.25) is 4.79 Å². The highest BCUT2D eigenvalue weighted by Crippen LogP contribution is 2.15. The Morgan fingerprint density at radius 3 is 2.63 bits per heavy atom. The van der Waals surface area contributed by atoms with Gasteiger partial charge >= 0.3 is 0 Å². The van der Waals surface area contributed by atoms with Crippen LogP contribution in [0, 0.1) is 5.82 Å². The molecular weight excluding hydrogens is 245 g/mol. The summed E-state index contributed by atoms with van der Waals surface area (Å²) < 4.78 is 13.6. The zero-order chi connectivity index (χ0) is 13.8. The minimum Gasteiger partial charge on any atom is -0.381 e. The lowest BCUT2D eigenvalue weighted by molar-refractivity contribution is 0.102. The second-order valence-electron chi connectivity index (χ2n) is 4.06. The zero-order valence-electron chi connectivity index (χ0n) is 10.5. The Kier molecular flexibility index (Phi) is 3.75. The number of pyridine rings is 1. The first kappa shape index (κ1) is 13.0. The number of halogens is 1. The molecular formula is C14H14FN3O. The number of aryl methyl sites for hydroxylation is 1. The van der Waals surface area contributed by atoms with Crippen LogP contribution in [-0.2, 0) is 6.42 Å². The van der Waals surface area contributed by atoms with Crippen molar-refractivity contribution in [2.75, 3.05) is 11.1 Å². The summed E-state index contributed by atoms with van der Waals surface area (Å²) in [7, 11) is 0. The number of nitrogens with one attached hydrogen (secondary N) is 1. The second kappa shape index (κ2) is 5.48. The van der Waals surface area contributed by atoms with Gasteiger partial charge in [0.15, 0.2) is 11.6 Å². The maximum absolute atomic E-state index is 13.6. The monoisotopic (exact) mass is 259 g/mol. The van der Waals surface area contributed by atoms with Crippen molar-refractivity contribution in [1.82, 2.24) is 4.98 Å². The predicted molar refractivity (Wildman–Crippen MR) is 72.4 cm³/mol. The van der Waals surface area contributed by atoms with E-state index in [0.29, 0.717) is 5.69 Å². The Hall–Kier alpha value is -2.43. The molecule has 0 aliphatic heterocycles. The van der Waals surface area contributed by atoms with Crippen molar-refractivity contribution < 1.29 is 9.18 Å². The first-order valence-corrected chi connectivity index (χ1v) is 5.92. The van der Waals surface area contributed by atoms with E-state index < -0.39 is 11.7 Å². The molecule has 5 heteroatoms. The van der Waals surface area contributed by atoms with E-state index >= 15 is 0 Å². The predicted octanol–water partition coefficient (Wildman–Crippen LogP) is 2.62. The van der Waals surface area contributed by atoms with Gasteiger partial charge in [0.2, 0.25) is 0 Å². The Morgan fingerprint density at radius 1 is 1.32 bits per heavy atom. The third-order valence-corrected chi connectivity index (χ3v) is 2.78. The van der Waals surface area contributed by atoms with E-state index in [0.717, 1.165) is 12.0 Å². The van der Waals surface area contributed by atoms with Crippen molar-refractivity contribution in [2.24, 2.45) is 0 Å². The van der Waals surface area contributed by atoms with Crippen LogP contribution < -0.4 is 11.1 Å². The highest BCUT2D eigenvalue weighted by molar-refractivity contribution is 6.04. The molecule has 0 fully saturated rings. The lowest BCUT2D eigenvalue weighted by atomic mass is 10.1. The molecule has 1 heterocycles. The van der Waals surface area contributed by atoms with Gasteiger partial charge in [0.25, 0.3) is 5.91 Å². The average molecular weight is 259 g/mol. The van der Waals surface area contributed by atoms with Gasteiger partial charge in [0, 0.05) is 11.9 Å². The van der Waals surface area contributed by atoms with Gasteiger partial charge in [0.1, 0.15) is 0 Å². The number of nitrogens with two attached hydrogens (primary N) is 1. The molecule has 1 amide bonds. The second-order valence-corrected chi connectivity index (χ2v) is 4.06. The SMILES string of the molecule is CCc1ccc(NC(=O)c2ccnc(N)c2F)cc1. The van der Waals surface area contributed by atoms with E-state index in [1.165, 1.54) is 12.3 Å². The summed E-state index contributed by atoms with van der Waals surface area (Å²) in [6.45, 7) is 2.04. The fraction of sp³-hybridized carbons (Fsp3) is 0.143. The summed E-state index contributed by atoms with van der Waals surface area (Å²) in [4.78, 5) is 15.5. The number of rotatable bonds is 3. The Morgan fingerprint density at radius 2 is 2.00 bits per heavy atom. The molecule has 98 valence electrons. The molecule has 3 N–H and O–H groups in total. The number of hydrogen-bond acceptors (Lipinski definition) is 3. The summed E-state index contributed by atoms with van der Waals surface area (Å²) in [5.74, 6) is -1.63. The Bertz CT molecular complexity index is 596. The van der Waals surface area contributed by atoms with Crippen LogP contribution in [0.15, 0.2) is 36.5 Å². The molecule has 0 radical (unpaired) electrons. The number of hydrogen-bond donors (Lipinski definition) is 2. The lowest BCUT2D eigenvalue weighted by Gasteiger charge is -2.07. The third kappa shape index (κ3) is 2.88. The molecule has 0 aliphatic carbocycles. The number of benzene rings is 1. The first-order chi connectivity index (χ1) is 9.11. The van der Waals surface area contributed by atoms with Crippen LogP contribution in [-0.4, -0.2) is 10.9 Å². The molecule has 0 bridgehead atoms. The first-order valence-electron chi connectivity index (χ1n) is 5.92. The van der Waals surface area contributed by atoms with E-state index in [1.807, 2.05) is 19.1 Å². The van der Waals surface area contributed by atoms with Gasteiger partial charge < -0.3 is 11.1 Å². The van der Waals surface area contributed by atoms with Crippen molar-refractivity contribution >= 4 is 17.4 Å². The smallest absolute Gasteiger partial charge is 0.258 e. The molecule has 1 aromatic carbocycles. The van der Waals surface area contributed by atoms with E-state index in [2.05, 4.69) is 10.3 Å². The lowest BCUT2D eigenvalue weighted by Crippen LogP contribution is -2.15. The van der Waals surface area contributed by atoms with E-state index in [1.54, 1.807) is 12.1 Å². The number of carbonyl (C=O) groups is 1. The normalized spacial score (nSPS) is 10.2. The third-order valence-electron chi connectivity index (χ3n) is 2.78. The van der Waals surface area contributed by atoms with Gasteiger partial charge in [-0.05, 0) is 30.2 Å². The van der Waals surface area contributed by atoms with Gasteiger partial charge in [-0.1, -0.05) is 19.1 Å². The van der Waals surface area contributed by atoms with Crippen LogP contribution in [0.1, 0.15) is 22.8 Å². The standard InChI is InChI=1S/C14H14FN3O/c1-2-9-3-5-10(6-4-9)18-14(19)11-7-8-17-13(16)12(11)15/h3-8H,2H2,1H3,(H2,16,17)(H,18,19). The van der Waals surface area contributed by atoms with Gasteiger partial charge in [-0.2, -0.15) is 0 Å². The Balaban J connectivity index is 2.18. The van der Waals surface area contributed by atoms with Crippen LogP contribution in [0.25, 0.3) is 0 Å². The molecule has 0 unspecified atom stereocenters. The van der Waals surface area contributed by atoms with Gasteiger partial charge in [-0.25, -0.2) is 9.37 Å². The zero-order valence-corrected chi connectivity index (χ0v) is 10.5. The van der Waals surface area contributed by atoms with Gasteiger partial charge in [0.05, 0.1) is 5.56 Å². The maximum atomic E-state index is 13.6. The molecule has 4 nitrogen and oxygen atoms in total.